The molecule has 2 atom stereocenters. The Hall–Kier alpha value is -2.21. The zero-order valence-corrected chi connectivity index (χ0v) is 14.2. The van der Waals surface area contributed by atoms with Gasteiger partial charge in [0.25, 0.3) is 5.56 Å². The maximum atomic E-state index is 12.0. The Morgan fingerprint density at radius 2 is 2.12 bits per heavy atom. The second kappa shape index (κ2) is 8.59. The van der Waals surface area contributed by atoms with Gasteiger partial charge in [0.05, 0.1) is 23.6 Å². The first-order valence-electron chi connectivity index (χ1n) is 8.43. The number of aromatic amines is 1. The number of benzene rings is 1. The SMILES string of the molecule is CC[C@H](C)[C@H](CO)NC(=O)CCCc1nc2ccccc2c(=O)[nH]1. The van der Waals surface area contributed by atoms with E-state index in [1.165, 1.54) is 0 Å². The van der Waals surface area contributed by atoms with Crippen molar-refractivity contribution in [2.24, 2.45) is 5.92 Å². The number of hydrogen-bond donors (Lipinski definition) is 3. The normalized spacial score (nSPS) is 13.6. The Bertz CT molecular complexity index is 742. The Kier molecular flexibility index (Phi) is 6.49. The number of para-hydroxylation sites is 1. The zero-order chi connectivity index (χ0) is 17.5. The molecule has 6 heteroatoms. The molecule has 0 aliphatic rings. The van der Waals surface area contributed by atoms with Crippen molar-refractivity contribution in [3.8, 4) is 0 Å². The molecule has 0 aliphatic heterocycles. The molecule has 0 radical (unpaired) electrons. The third-order valence-corrected chi connectivity index (χ3v) is 4.35. The van der Waals surface area contributed by atoms with E-state index >= 15 is 0 Å². The summed E-state index contributed by atoms with van der Waals surface area (Å²) in [6.07, 6.45) is 2.35. The molecule has 1 heterocycles. The van der Waals surface area contributed by atoms with E-state index in [-0.39, 0.29) is 30.0 Å². The van der Waals surface area contributed by atoms with Crippen LogP contribution in [0.5, 0.6) is 0 Å². The molecule has 3 N–H and O–H groups in total. The van der Waals surface area contributed by atoms with E-state index in [1.54, 1.807) is 18.2 Å². The summed E-state index contributed by atoms with van der Waals surface area (Å²) in [6.45, 7) is 3.98. The summed E-state index contributed by atoms with van der Waals surface area (Å²) >= 11 is 0. The minimum absolute atomic E-state index is 0.0553. The molecule has 24 heavy (non-hydrogen) atoms. The molecule has 2 rings (SSSR count). The summed E-state index contributed by atoms with van der Waals surface area (Å²) in [5, 5.41) is 12.8. The largest absolute Gasteiger partial charge is 0.394 e. The van der Waals surface area contributed by atoms with Gasteiger partial charge in [-0.3, -0.25) is 9.59 Å². The van der Waals surface area contributed by atoms with Crippen molar-refractivity contribution in [2.75, 3.05) is 6.61 Å². The van der Waals surface area contributed by atoms with Crippen molar-refractivity contribution < 1.29 is 9.90 Å². The van der Waals surface area contributed by atoms with E-state index in [1.807, 2.05) is 19.9 Å². The first-order chi connectivity index (χ1) is 11.5. The van der Waals surface area contributed by atoms with Gasteiger partial charge in [0.2, 0.25) is 5.91 Å². The topological polar surface area (TPSA) is 95.1 Å². The van der Waals surface area contributed by atoms with Crippen LogP contribution in [-0.2, 0) is 11.2 Å². The number of H-pyrrole nitrogens is 1. The number of rotatable bonds is 8. The van der Waals surface area contributed by atoms with Crippen LogP contribution in [0.4, 0.5) is 0 Å². The standard InChI is InChI=1S/C18H25N3O3/c1-3-12(2)15(11-22)20-17(23)10-6-9-16-19-14-8-5-4-7-13(14)18(24)21-16/h4-5,7-8,12,15,22H,3,6,9-11H2,1-2H3,(H,20,23)(H,19,21,24)/t12-,15-/m0/s1. The monoisotopic (exact) mass is 331 g/mol. The quantitative estimate of drug-likeness (QED) is 0.687. The molecule has 1 aromatic carbocycles. The Balaban J connectivity index is 1.90. The van der Waals surface area contributed by atoms with E-state index < -0.39 is 0 Å². The highest BCUT2D eigenvalue weighted by atomic mass is 16.3. The van der Waals surface area contributed by atoms with Crippen LogP contribution in [0.1, 0.15) is 38.9 Å². The van der Waals surface area contributed by atoms with E-state index in [4.69, 9.17) is 0 Å². The molecule has 0 unspecified atom stereocenters. The van der Waals surface area contributed by atoms with Crippen LogP contribution in [-0.4, -0.2) is 33.6 Å². The highest BCUT2D eigenvalue weighted by molar-refractivity contribution is 5.77. The molecule has 130 valence electrons. The van der Waals surface area contributed by atoms with E-state index in [0.717, 1.165) is 6.42 Å². The van der Waals surface area contributed by atoms with Gasteiger partial charge in [0.15, 0.2) is 0 Å². The first kappa shape index (κ1) is 18.1. The van der Waals surface area contributed by atoms with E-state index in [9.17, 15) is 14.7 Å². The lowest BCUT2D eigenvalue weighted by molar-refractivity contribution is -0.122. The van der Waals surface area contributed by atoms with Crippen LogP contribution in [0.2, 0.25) is 0 Å². The fourth-order valence-corrected chi connectivity index (χ4v) is 2.60. The maximum Gasteiger partial charge on any atom is 0.258 e. The van der Waals surface area contributed by atoms with Crippen LogP contribution < -0.4 is 10.9 Å². The summed E-state index contributed by atoms with van der Waals surface area (Å²) in [7, 11) is 0. The number of aliphatic hydroxyl groups is 1. The number of aryl methyl sites for hydroxylation is 1. The highest BCUT2D eigenvalue weighted by Gasteiger charge is 2.17. The molecule has 0 saturated heterocycles. The van der Waals surface area contributed by atoms with Crippen LogP contribution >= 0.6 is 0 Å². The maximum absolute atomic E-state index is 12.0. The third kappa shape index (κ3) is 4.64. The van der Waals surface area contributed by atoms with Crippen molar-refractivity contribution in [2.45, 2.75) is 45.6 Å². The number of nitrogens with zero attached hydrogens (tertiary/aromatic N) is 1. The summed E-state index contributed by atoms with van der Waals surface area (Å²) < 4.78 is 0. The zero-order valence-electron chi connectivity index (χ0n) is 14.2. The van der Waals surface area contributed by atoms with Gasteiger partial charge in [0, 0.05) is 12.8 Å². The lowest BCUT2D eigenvalue weighted by Crippen LogP contribution is -2.41. The van der Waals surface area contributed by atoms with Gasteiger partial charge < -0.3 is 15.4 Å². The fraction of sp³-hybridized carbons (Fsp3) is 0.500. The lowest BCUT2D eigenvalue weighted by atomic mass is 9.99. The lowest BCUT2D eigenvalue weighted by Gasteiger charge is -2.22. The number of nitrogens with one attached hydrogen (secondary N) is 2. The highest BCUT2D eigenvalue weighted by Crippen LogP contribution is 2.09. The van der Waals surface area contributed by atoms with Crippen LogP contribution in [0.3, 0.4) is 0 Å². The molecule has 0 fully saturated rings. The van der Waals surface area contributed by atoms with Gasteiger partial charge >= 0.3 is 0 Å². The molecule has 0 bridgehead atoms. The van der Waals surface area contributed by atoms with Crippen LogP contribution in [0.25, 0.3) is 10.9 Å². The molecule has 6 nitrogen and oxygen atoms in total. The molecule has 0 aliphatic carbocycles. The molecule has 2 aromatic rings. The van der Waals surface area contributed by atoms with Gasteiger partial charge in [-0.1, -0.05) is 32.4 Å². The van der Waals surface area contributed by atoms with Gasteiger partial charge in [-0.25, -0.2) is 4.98 Å². The average molecular weight is 331 g/mol. The second-order valence-electron chi connectivity index (χ2n) is 6.13. The molecular weight excluding hydrogens is 306 g/mol. The van der Waals surface area contributed by atoms with Crippen molar-refractivity contribution in [1.82, 2.24) is 15.3 Å². The van der Waals surface area contributed by atoms with Crippen molar-refractivity contribution in [3.63, 3.8) is 0 Å². The number of aliphatic hydroxyl groups excluding tert-OH is 1. The third-order valence-electron chi connectivity index (χ3n) is 4.35. The van der Waals surface area contributed by atoms with Gasteiger partial charge in [-0.05, 0) is 24.5 Å². The Labute approximate surface area is 141 Å². The number of carbonyl (C=O) groups excluding carboxylic acids is 1. The molecule has 0 spiro atoms. The van der Waals surface area contributed by atoms with Crippen molar-refractivity contribution >= 4 is 16.8 Å². The smallest absolute Gasteiger partial charge is 0.258 e. The number of carbonyl (C=O) groups is 1. The van der Waals surface area contributed by atoms with Crippen molar-refractivity contribution in [3.05, 3.63) is 40.4 Å². The van der Waals surface area contributed by atoms with Crippen LogP contribution in [0.15, 0.2) is 29.1 Å². The Morgan fingerprint density at radius 1 is 1.38 bits per heavy atom. The van der Waals surface area contributed by atoms with Crippen molar-refractivity contribution in [1.29, 1.82) is 0 Å². The predicted molar refractivity (Wildman–Crippen MR) is 93.8 cm³/mol. The van der Waals surface area contributed by atoms with E-state index in [0.29, 0.717) is 36.0 Å². The Morgan fingerprint density at radius 3 is 2.83 bits per heavy atom. The molecule has 0 saturated carbocycles. The molecule has 1 aromatic heterocycles. The van der Waals surface area contributed by atoms with Gasteiger partial charge in [0.1, 0.15) is 5.82 Å². The molecule has 1 amide bonds. The summed E-state index contributed by atoms with van der Waals surface area (Å²) in [5.74, 6) is 0.738. The average Bonchev–Trinajstić information content (AvgIpc) is 2.59. The number of amides is 1. The number of aromatic nitrogens is 2. The minimum Gasteiger partial charge on any atom is -0.394 e. The van der Waals surface area contributed by atoms with Gasteiger partial charge in [-0.2, -0.15) is 0 Å². The first-order valence-corrected chi connectivity index (χ1v) is 8.43. The second-order valence-corrected chi connectivity index (χ2v) is 6.13. The van der Waals surface area contributed by atoms with E-state index in [2.05, 4.69) is 15.3 Å². The molecular formula is C18H25N3O3. The predicted octanol–water partition coefficient (Wildman–Crippen LogP) is 1.77. The summed E-state index contributed by atoms with van der Waals surface area (Å²) in [6, 6.07) is 6.98. The number of fused-ring (bicyclic) bond motifs is 1. The fourth-order valence-electron chi connectivity index (χ4n) is 2.60. The summed E-state index contributed by atoms with van der Waals surface area (Å²) in [4.78, 5) is 31.2. The minimum atomic E-state index is -0.207. The number of hydrogen-bond acceptors (Lipinski definition) is 4. The van der Waals surface area contributed by atoms with Crippen LogP contribution in [0, 0.1) is 5.92 Å². The van der Waals surface area contributed by atoms with Gasteiger partial charge in [-0.15, -0.1) is 0 Å². The summed E-state index contributed by atoms with van der Waals surface area (Å²) in [5.41, 5.74) is 0.509.